The van der Waals surface area contributed by atoms with Crippen molar-refractivity contribution in [3.05, 3.63) is 40.3 Å². The third-order valence-electron chi connectivity index (χ3n) is 2.57. The van der Waals surface area contributed by atoms with Gasteiger partial charge in [0.1, 0.15) is 5.56 Å². The minimum Gasteiger partial charge on any atom is -0.419 e. The molecule has 0 saturated heterocycles. The lowest BCUT2D eigenvalue weighted by Gasteiger charge is -2.18. The van der Waals surface area contributed by atoms with Gasteiger partial charge in [-0.2, -0.15) is 0 Å². The van der Waals surface area contributed by atoms with Gasteiger partial charge in [-0.15, -0.1) is 10.2 Å². The summed E-state index contributed by atoms with van der Waals surface area (Å²) in [5.74, 6) is 0.552. The number of nitrogens with zero attached hydrogens (tertiary/aromatic N) is 3. The average molecular weight is 276 g/mol. The lowest BCUT2D eigenvalue weighted by Crippen LogP contribution is -2.35. The van der Waals surface area contributed by atoms with Crippen LogP contribution in [0.4, 0.5) is 5.69 Å². The first-order valence-electron chi connectivity index (χ1n) is 6.18. The third kappa shape index (κ3) is 3.39. The molecule has 0 spiro atoms. The molecule has 0 saturated carbocycles. The molecule has 0 unspecified atom stereocenters. The van der Waals surface area contributed by atoms with Crippen LogP contribution in [-0.4, -0.2) is 20.7 Å². The predicted molar refractivity (Wildman–Crippen MR) is 73.0 cm³/mol. The molecule has 0 fully saturated rings. The minimum absolute atomic E-state index is 0.0496. The van der Waals surface area contributed by atoms with Gasteiger partial charge >= 0.3 is 0 Å². The lowest BCUT2D eigenvalue weighted by atomic mass is 10.1. The Hall–Kier alpha value is -2.28. The zero-order chi connectivity index (χ0) is 14.8. The van der Waals surface area contributed by atoms with Crippen LogP contribution in [0.3, 0.4) is 0 Å². The van der Waals surface area contributed by atoms with Crippen LogP contribution in [0, 0.1) is 10.1 Å². The van der Waals surface area contributed by atoms with E-state index in [1.807, 2.05) is 20.8 Å². The summed E-state index contributed by atoms with van der Waals surface area (Å²) >= 11 is 0. The first-order valence-corrected chi connectivity index (χ1v) is 6.18. The Bertz CT molecular complexity index is 616. The van der Waals surface area contributed by atoms with Crippen molar-refractivity contribution in [2.75, 3.05) is 0 Å². The lowest BCUT2D eigenvalue weighted by molar-refractivity contribution is -0.384. The highest BCUT2D eigenvalue weighted by Crippen LogP contribution is 2.28. The van der Waals surface area contributed by atoms with Crippen molar-refractivity contribution in [1.82, 2.24) is 15.5 Å². The summed E-state index contributed by atoms with van der Waals surface area (Å²) in [7, 11) is 0. The topological polar surface area (TPSA) is 94.1 Å². The predicted octanol–water partition coefficient (Wildman–Crippen LogP) is 2.53. The highest BCUT2D eigenvalue weighted by atomic mass is 16.6. The normalized spacial score (nSPS) is 11.6. The van der Waals surface area contributed by atoms with Gasteiger partial charge in [0, 0.05) is 11.6 Å². The second-order valence-electron chi connectivity index (χ2n) is 5.38. The summed E-state index contributed by atoms with van der Waals surface area (Å²) in [6, 6.07) is 6.29. The fraction of sp³-hybridized carbons (Fsp3) is 0.385. The molecule has 0 bridgehead atoms. The van der Waals surface area contributed by atoms with Crippen molar-refractivity contribution in [1.29, 1.82) is 0 Å². The van der Waals surface area contributed by atoms with Crippen molar-refractivity contribution in [2.45, 2.75) is 32.9 Å². The van der Waals surface area contributed by atoms with Gasteiger partial charge in [-0.05, 0) is 26.8 Å². The summed E-state index contributed by atoms with van der Waals surface area (Å²) < 4.78 is 5.47. The number of aromatic nitrogens is 2. The number of nitro benzene ring substituents is 1. The molecule has 7 nitrogen and oxygen atoms in total. The summed E-state index contributed by atoms with van der Waals surface area (Å²) in [5.41, 5.74) is 0.200. The number of nitro groups is 1. The first-order chi connectivity index (χ1) is 9.37. The molecule has 0 amide bonds. The van der Waals surface area contributed by atoms with Crippen molar-refractivity contribution >= 4 is 5.69 Å². The molecule has 1 N–H and O–H groups in total. The van der Waals surface area contributed by atoms with Crippen molar-refractivity contribution in [3.63, 3.8) is 0 Å². The number of rotatable bonds is 4. The largest absolute Gasteiger partial charge is 0.419 e. The Morgan fingerprint density at radius 2 is 2.00 bits per heavy atom. The van der Waals surface area contributed by atoms with E-state index in [2.05, 4.69) is 15.5 Å². The van der Waals surface area contributed by atoms with Crippen LogP contribution in [0.1, 0.15) is 26.7 Å². The molecular weight excluding hydrogens is 260 g/mol. The number of hydrogen-bond donors (Lipinski definition) is 1. The molecule has 0 atom stereocenters. The average Bonchev–Trinajstić information content (AvgIpc) is 2.84. The van der Waals surface area contributed by atoms with Crippen LogP contribution in [-0.2, 0) is 6.54 Å². The summed E-state index contributed by atoms with van der Waals surface area (Å²) in [6.07, 6.45) is 0. The molecule has 1 aromatic carbocycles. The monoisotopic (exact) mass is 276 g/mol. The van der Waals surface area contributed by atoms with Gasteiger partial charge in [0.15, 0.2) is 0 Å². The van der Waals surface area contributed by atoms with E-state index in [4.69, 9.17) is 4.42 Å². The second-order valence-corrected chi connectivity index (χ2v) is 5.38. The van der Waals surface area contributed by atoms with Crippen LogP contribution in [0.25, 0.3) is 11.5 Å². The molecule has 20 heavy (non-hydrogen) atoms. The first kappa shape index (κ1) is 14.1. The van der Waals surface area contributed by atoms with Gasteiger partial charge in [0.25, 0.3) is 11.6 Å². The van der Waals surface area contributed by atoms with E-state index in [0.29, 0.717) is 18.0 Å². The molecule has 7 heteroatoms. The van der Waals surface area contributed by atoms with Crippen LogP contribution in [0.15, 0.2) is 28.7 Å². The van der Waals surface area contributed by atoms with Crippen molar-refractivity contribution in [2.24, 2.45) is 0 Å². The molecule has 0 radical (unpaired) electrons. The molecule has 1 aromatic heterocycles. The number of hydrogen-bond acceptors (Lipinski definition) is 6. The van der Waals surface area contributed by atoms with Crippen molar-refractivity contribution < 1.29 is 9.34 Å². The van der Waals surface area contributed by atoms with Crippen LogP contribution in [0.5, 0.6) is 0 Å². The summed E-state index contributed by atoms with van der Waals surface area (Å²) in [5, 5.41) is 21.9. The summed E-state index contributed by atoms with van der Waals surface area (Å²) in [4.78, 5) is 10.5. The molecule has 0 aliphatic rings. The Morgan fingerprint density at radius 1 is 1.30 bits per heavy atom. The van der Waals surface area contributed by atoms with Crippen LogP contribution in [0.2, 0.25) is 0 Å². The molecule has 0 aliphatic carbocycles. The van der Waals surface area contributed by atoms with Gasteiger partial charge in [-0.1, -0.05) is 12.1 Å². The van der Waals surface area contributed by atoms with Gasteiger partial charge in [0.05, 0.1) is 11.5 Å². The number of para-hydroxylation sites is 1. The van der Waals surface area contributed by atoms with E-state index in [1.54, 1.807) is 18.2 Å². The van der Waals surface area contributed by atoms with Gasteiger partial charge in [-0.25, -0.2) is 0 Å². The van der Waals surface area contributed by atoms with Crippen LogP contribution < -0.4 is 5.32 Å². The molecule has 2 rings (SSSR count). The number of benzene rings is 1. The van der Waals surface area contributed by atoms with Gasteiger partial charge in [-0.3, -0.25) is 10.1 Å². The second kappa shape index (κ2) is 5.38. The zero-order valence-electron chi connectivity index (χ0n) is 11.6. The highest BCUT2D eigenvalue weighted by molar-refractivity contribution is 5.66. The van der Waals surface area contributed by atoms with Gasteiger partial charge in [0.2, 0.25) is 5.89 Å². The van der Waals surface area contributed by atoms with E-state index in [0.717, 1.165) is 0 Å². The quantitative estimate of drug-likeness (QED) is 0.681. The maximum atomic E-state index is 11.0. The third-order valence-corrected chi connectivity index (χ3v) is 2.57. The molecule has 2 aromatic rings. The smallest absolute Gasteiger partial charge is 0.282 e. The maximum absolute atomic E-state index is 11.0. The van der Waals surface area contributed by atoms with Crippen LogP contribution >= 0.6 is 0 Å². The summed E-state index contributed by atoms with van der Waals surface area (Å²) in [6.45, 7) is 6.47. The van der Waals surface area contributed by atoms with Gasteiger partial charge < -0.3 is 9.73 Å². The SMILES string of the molecule is CC(C)(C)NCc1nnc(-c2ccccc2[N+](=O)[O-])o1. The Kier molecular flexibility index (Phi) is 3.80. The molecular formula is C13H16N4O3. The minimum atomic E-state index is -0.466. The van der Waals surface area contributed by atoms with Crippen molar-refractivity contribution in [3.8, 4) is 11.5 Å². The fourth-order valence-corrected chi connectivity index (χ4v) is 1.59. The fourth-order valence-electron chi connectivity index (χ4n) is 1.59. The Labute approximate surface area is 116 Å². The van der Waals surface area contributed by atoms with E-state index in [1.165, 1.54) is 6.07 Å². The Morgan fingerprint density at radius 3 is 2.65 bits per heavy atom. The van der Waals surface area contributed by atoms with E-state index >= 15 is 0 Å². The van der Waals surface area contributed by atoms with E-state index in [9.17, 15) is 10.1 Å². The number of nitrogens with one attached hydrogen (secondary N) is 1. The standard InChI is InChI=1S/C13H16N4O3/c1-13(2,3)14-8-11-15-16-12(20-11)9-6-4-5-7-10(9)17(18)19/h4-7,14H,8H2,1-3H3. The molecule has 0 aliphatic heterocycles. The molecule has 1 heterocycles. The maximum Gasteiger partial charge on any atom is 0.282 e. The highest BCUT2D eigenvalue weighted by Gasteiger charge is 2.20. The van der Waals surface area contributed by atoms with E-state index < -0.39 is 4.92 Å². The Balaban J connectivity index is 2.23. The van der Waals surface area contributed by atoms with E-state index in [-0.39, 0.29) is 17.1 Å². The molecule has 106 valence electrons. The zero-order valence-corrected chi connectivity index (χ0v) is 11.6.